The van der Waals surface area contributed by atoms with E-state index in [-0.39, 0.29) is 0 Å². The maximum absolute atomic E-state index is 12.0. The Hall–Kier alpha value is -1.87. The van der Waals surface area contributed by atoms with Crippen LogP contribution in [0.2, 0.25) is 0 Å². The Morgan fingerprint density at radius 1 is 1.14 bits per heavy atom. The van der Waals surface area contributed by atoms with Crippen LogP contribution in [-0.4, -0.2) is 21.8 Å². The van der Waals surface area contributed by atoms with Crippen LogP contribution in [0.15, 0.2) is 42.5 Å². The first-order valence-corrected chi connectivity index (χ1v) is 7.94. The standard InChI is InChI=1S/C19H22O3/c1-13-9-11-19(22,12-10-13)17(18(20)21)16-8-4-6-14-5-2-3-7-15(14)16/h2-8,13,17,22H,9-12H2,1H3,(H,20,21)/t13?,17-,19?/m0/s1. The van der Waals surface area contributed by atoms with E-state index >= 15 is 0 Å². The molecule has 1 aliphatic rings. The van der Waals surface area contributed by atoms with Crippen LogP contribution >= 0.6 is 0 Å². The van der Waals surface area contributed by atoms with Crippen molar-refractivity contribution in [1.82, 2.24) is 0 Å². The van der Waals surface area contributed by atoms with Crippen LogP contribution in [0.4, 0.5) is 0 Å². The first kappa shape index (κ1) is 15.0. The van der Waals surface area contributed by atoms with Crippen molar-refractivity contribution in [3.05, 3.63) is 48.0 Å². The van der Waals surface area contributed by atoms with E-state index in [1.54, 1.807) is 0 Å². The van der Waals surface area contributed by atoms with Crippen LogP contribution in [0, 0.1) is 5.92 Å². The van der Waals surface area contributed by atoms with Gasteiger partial charge in [0.05, 0.1) is 5.60 Å². The number of hydrogen-bond acceptors (Lipinski definition) is 2. The maximum atomic E-state index is 12.0. The van der Waals surface area contributed by atoms with Crippen LogP contribution in [0.25, 0.3) is 10.8 Å². The zero-order valence-electron chi connectivity index (χ0n) is 12.8. The molecule has 3 rings (SSSR count). The number of fused-ring (bicyclic) bond motifs is 1. The fourth-order valence-corrected chi connectivity index (χ4v) is 3.71. The van der Waals surface area contributed by atoms with E-state index in [2.05, 4.69) is 6.92 Å². The molecule has 1 saturated carbocycles. The van der Waals surface area contributed by atoms with Crippen LogP contribution < -0.4 is 0 Å². The summed E-state index contributed by atoms with van der Waals surface area (Å²) in [5, 5.41) is 22.8. The van der Waals surface area contributed by atoms with Crippen molar-refractivity contribution in [2.75, 3.05) is 0 Å². The second-order valence-corrected chi connectivity index (χ2v) is 6.63. The third-order valence-electron chi connectivity index (χ3n) is 5.06. The SMILES string of the molecule is CC1CCC(O)([C@H](C(=O)O)c2cccc3ccccc23)CC1. The third kappa shape index (κ3) is 2.61. The van der Waals surface area contributed by atoms with Crippen molar-refractivity contribution in [2.45, 2.75) is 44.1 Å². The molecule has 0 bridgehead atoms. The fraction of sp³-hybridized carbons (Fsp3) is 0.421. The number of rotatable bonds is 3. The van der Waals surface area contributed by atoms with Gasteiger partial charge in [-0.2, -0.15) is 0 Å². The zero-order chi connectivity index (χ0) is 15.7. The molecule has 1 atom stereocenters. The average Bonchev–Trinajstić information content (AvgIpc) is 2.51. The van der Waals surface area contributed by atoms with Gasteiger partial charge in [-0.05, 0) is 47.9 Å². The summed E-state index contributed by atoms with van der Waals surface area (Å²) in [5.74, 6) is -1.25. The first-order valence-electron chi connectivity index (χ1n) is 7.94. The summed E-state index contributed by atoms with van der Waals surface area (Å²) in [7, 11) is 0. The summed E-state index contributed by atoms with van der Waals surface area (Å²) in [4.78, 5) is 12.0. The van der Waals surface area contributed by atoms with Crippen molar-refractivity contribution >= 4 is 16.7 Å². The molecule has 0 amide bonds. The van der Waals surface area contributed by atoms with Crippen molar-refractivity contribution in [3.8, 4) is 0 Å². The predicted molar refractivity (Wildman–Crippen MR) is 86.9 cm³/mol. The van der Waals surface area contributed by atoms with E-state index < -0.39 is 17.5 Å². The quantitative estimate of drug-likeness (QED) is 0.902. The Labute approximate surface area is 130 Å². The Morgan fingerprint density at radius 3 is 2.45 bits per heavy atom. The Balaban J connectivity index is 2.09. The molecule has 0 heterocycles. The minimum atomic E-state index is -1.15. The number of benzene rings is 2. The number of aliphatic carboxylic acids is 1. The summed E-state index contributed by atoms with van der Waals surface area (Å²) in [5.41, 5.74) is -0.426. The molecule has 0 aromatic heterocycles. The largest absolute Gasteiger partial charge is 0.481 e. The molecule has 116 valence electrons. The van der Waals surface area contributed by atoms with Crippen molar-refractivity contribution in [2.24, 2.45) is 5.92 Å². The summed E-state index contributed by atoms with van der Waals surface area (Å²) in [6, 6.07) is 13.5. The molecule has 0 saturated heterocycles. The van der Waals surface area contributed by atoms with E-state index in [4.69, 9.17) is 0 Å². The number of carboxylic acid groups (broad SMARTS) is 1. The summed E-state index contributed by atoms with van der Waals surface area (Å²) in [6.45, 7) is 2.16. The van der Waals surface area contributed by atoms with E-state index in [1.807, 2.05) is 42.5 Å². The van der Waals surface area contributed by atoms with Gasteiger partial charge in [0.2, 0.25) is 0 Å². The monoisotopic (exact) mass is 298 g/mol. The van der Waals surface area contributed by atoms with Crippen molar-refractivity contribution < 1.29 is 15.0 Å². The average molecular weight is 298 g/mol. The van der Waals surface area contributed by atoms with E-state index in [0.717, 1.165) is 29.2 Å². The Kier molecular flexibility index (Phi) is 3.92. The molecular formula is C19H22O3. The lowest BCUT2D eigenvalue weighted by atomic mass is 9.69. The second-order valence-electron chi connectivity index (χ2n) is 6.63. The highest BCUT2D eigenvalue weighted by Gasteiger charge is 2.44. The molecule has 0 aliphatic heterocycles. The third-order valence-corrected chi connectivity index (χ3v) is 5.06. The van der Waals surface area contributed by atoms with Gasteiger partial charge in [-0.3, -0.25) is 4.79 Å². The van der Waals surface area contributed by atoms with Gasteiger partial charge in [-0.25, -0.2) is 0 Å². The van der Waals surface area contributed by atoms with Crippen LogP contribution in [0.3, 0.4) is 0 Å². The minimum absolute atomic E-state index is 0.550. The molecule has 2 aromatic carbocycles. The van der Waals surface area contributed by atoms with Gasteiger partial charge in [0.1, 0.15) is 5.92 Å². The molecule has 3 heteroatoms. The van der Waals surface area contributed by atoms with Gasteiger partial charge < -0.3 is 10.2 Å². The second kappa shape index (κ2) is 5.73. The first-order chi connectivity index (χ1) is 10.5. The number of hydrogen-bond donors (Lipinski definition) is 2. The molecular weight excluding hydrogens is 276 g/mol. The van der Waals surface area contributed by atoms with Crippen LogP contribution in [0.5, 0.6) is 0 Å². The van der Waals surface area contributed by atoms with E-state index in [1.165, 1.54) is 0 Å². The summed E-state index contributed by atoms with van der Waals surface area (Å²) >= 11 is 0. The molecule has 3 nitrogen and oxygen atoms in total. The predicted octanol–water partition coefficient (Wildman–Crippen LogP) is 3.95. The van der Waals surface area contributed by atoms with E-state index in [9.17, 15) is 15.0 Å². The molecule has 1 fully saturated rings. The normalized spacial score (nSPS) is 26.7. The van der Waals surface area contributed by atoms with Gasteiger partial charge in [-0.1, -0.05) is 49.4 Å². The topological polar surface area (TPSA) is 57.5 Å². The molecule has 0 unspecified atom stereocenters. The Morgan fingerprint density at radius 2 is 1.77 bits per heavy atom. The lowest BCUT2D eigenvalue weighted by molar-refractivity contribution is -0.148. The van der Waals surface area contributed by atoms with Crippen molar-refractivity contribution in [3.63, 3.8) is 0 Å². The van der Waals surface area contributed by atoms with Gasteiger partial charge >= 0.3 is 5.97 Å². The van der Waals surface area contributed by atoms with Gasteiger partial charge in [0.15, 0.2) is 0 Å². The lowest BCUT2D eigenvalue weighted by Crippen LogP contribution is -2.43. The molecule has 2 N–H and O–H groups in total. The number of carbonyl (C=O) groups is 1. The zero-order valence-corrected chi connectivity index (χ0v) is 12.8. The fourth-order valence-electron chi connectivity index (χ4n) is 3.71. The van der Waals surface area contributed by atoms with Crippen molar-refractivity contribution in [1.29, 1.82) is 0 Å². The molecule has 1 aliphatic carbocycles. The highest BCUT2D eigenvalue weighted by atomic mass is 16.4. The summed E-state index contributed by atoms with van der Waals surface area (Å²) < 4.78 is 0. The molecule has 22 heavy (non-hydrogen) atoms. The smallest absolute Gasteiger partial charge is 0.313 e. The maximum Gasteiger partial charge on any atom is 0.313 e. The number of aliphatic hydroxyl groups is 1. The molecule has 0 radical (unpaired) electrons. The van der Waals surface area contributed by atoms with Crippen LogP contribution in [0.1, 0.15) is 44.1 Å². The Bertz CT molecular complexity index is 679. The highest BCUT2D eigenvalue weighted by Crippen LogP contribution is 2.43. The minimum Gasteiger partial charge on any atom is -0.481 e. The van der Waals surface area contributed by atoms with E-state index in [0.29, 0.717) is 18.8 Å². The van der Waals surface area contributed by atoms with Gasteiger partial charge in [-0.15, -0.1) is 0 Å². The lowest BCUT2D eigenvalue weighted by Gasteiger charge is -2.39. The molecule has 2 aromatic rings. The highest BCUT2D eigenvalue weighted by molar-refractivity contribution is 5.91. The van der Waals surface area contributed by atoms with Crippen LogP contribution in [-0.2, 0) is 4.79 Å². The van der Waals surface area contributed by atoms with Gasteiger partial charge in [0, 0.05) is 0 Å². The molecule has 0 spiro atoms. The number of carboxylic acids is 1. The summed E-state index contributed by atoms with van der Waals surface area (Å²) in [6.07, 6.45) is 2.86. The van der Waals surface area contributed by atoms with Gasteiger partial charge in [0.25, 0.3) is 0 Å².